The van der Waals surface area contributed by atoms with Crippen molar-refractivity contribution in [1.82, 2.24) is 14.9 Å². The zero-order chi connectivity index (χ0) is 15.7. The molecule has 0 saturated carbocycles. The summed E-state index contributed by atoms with van der Waals surface area (Å²) in [5, 5.41) is 0. The maximum atomic E-state index is 12.7. The van der Waals surface area contributed by atoms with Crippen LogP contribution in [0.4, 0.5) is 13.2 Å². The number of alkyl halides is 3. The number of likely N-dealkylation sites (tertiary alicyclic amines) is 1. The number of nitrogens with zero attached hydrogens (tertiary/aromatic N) is 3. The molecule has 22 heavy (non-hydrogen) atoms. The molecule has 0 radical (unpaired) electrons. The van der Waals surface area contributed by atoms with Crippen molar-refractivity contribution in [3.8, 4) is 0 Å². The van der Waals surface area contributed by atoms with Crippen LogP contribution in [-0.4, -0.2) is 40.0 Å². The predicted molar refractivity (Wildman–Crippen MR) is 73.4 cm³/mol. The van der Waals surface area contributed by atoms with E-state index < -0.39 is 12.1 Å². The molecule has 1 aromatic rings. The van der Waals surface area contributed by atoms with Crippen LogP contribution in [0.5, 0.6) is 0 Å². The monoisotopic (exact) mass is 313 g/mol. The lowest BCUT2D eigenvalue weighted by Gasteiger charge is -2.33. The molecular formula is C15H18F3N3O. The molecule has 1 aliphatic carbocycles. The van der Waals surface area contributed by atoms with Crippen molar-refractivity contribution in [1.29, 1.82) is 0 Å². The van der Waals surface area contributed by atoms with Crippen LogP contribution in [-0.2, 0) is 12.8 Å². The van der Waals surface area contributed by atoms with E-state index in [9.17, 15) is 18.0 Å². The quantitative estimate of drug-likeness (QED) is 0.801. The second-order valence-corrected chi connectivity index (χ2v) is 5.96. The van der Waals surface area contributed by atoms with Gasteiger partial charge in [-0.15, -0.1) is 0 Å². The van der Waals surface area contributed by atoms with E-state index >= 15 is 0 Å². The van der Waals surface area contributed by atoms with Crippen LogP contribution >= 0.6 is 0 Å². The highest BCUT2D eigenvalue weighted by atomic mass is 19.4. The summed E-state index contributed by atoms with van der Waals surface area (Å²) >= 11 is 0. The molecule has 0 bridgehead atoms. The van der Waals surface area contributed by atoms with Crippen molar-refractivity contribution in [2.24, 2.45) is 5.92 Å². The third kappa shape index (κ3) is 2.94. The zero-order valence-corrected chi connectivity index (χ0v) is 12.2. The first-order chi connectivity index (χ1) is 10.5. The van der Waals surface area contributed by atoms with E-state index in [1.165, 1.54) is 11.2 Å². The largest absolute Gasteiger partial charge is 0.391 e. The van der Waals surface area contributed by atoms with Gasteiger partial charge in [-0.3, -0.25) is 4.79 Å². The topological polar surface area (TPSA) is 46.1 Å². The number of carbonyl (C=O) groups is 1. The van der Waals surface area contributed by atoms with Crippen molar-refractivity contribution in [3.63, 3.8) is 0 Å². The smallest absolute Gasteiger partial charge is 0.337 e. The Hall–Kier alpha value is -1.66. The van der Waals surface area contributed by atoms with Crippen molar-refractivity contribution in [2.75, 3.05) is 13.1 Å². The highest BCUT2D eigenvalue weighted by Gasteiger charge is 2.42. The number of fused-ring (bicyclic) bond motifs is 1. The molecule has 1 aromatic heterocycles. The number of aryl methyl sites for hydroxylation is 1. The summed E-state index contributed by atoms with van der Waals surface area (Å²) in [6, 6.07) is 0. The minimum atomic E-state index is -4.16. The summed E-state index contributed by atoms with van der Waals surface area (Å²) in [6.07, 6.45) is 0.837. The number of halogens is 3. The van der Waals surface area contributed by atoms with Gasteiger partial charge in [0.05, 0.1) is 5.92 Å². The fourth-order valence-electron chi connectivity index (χ4n) is 3.27. The first-order valence-electron chi connectivity index (χ1n) is 7.65. The Morgan fingerprint density at radius 2 is 1.82 bits per heavy atom. The Bertz CT molecular complexity index is 566. The van der Waals surface area contributed by atoms with Crippen LogP contribution in [0.15, 0.2) is 6.33 Å². The van der Waals surface area contributed by atoms with Crippen molar-refractivity contribution < 1.29 is 18.0 Å². The molecule has 1 fully saturated rings. The number of amides is 1. The molecule has 0 spiro atoms. The average molecular weight is 313 g/mol. The average Bonchev–Trinajstić information content (AvgIpc) is 2.53. The van der Waals surface area contributed by atoms with E-state index in [0.717, 1.165) is 36.9 Å². The molecule has 0 N–H and O–H groups in total. The molecule has 7 heteroatoms. The Kier molecular flexibility index (Phi) is 4.06. The summed E-state index contributed by atoms with van der Waals surface area (Å²) in [6.45, 7) is 0.281. The minimum Gasteiger partial charge on any atom is -0.337 e. The van der Waals surface area contributed by atoms with Crippen LogP contribution in [0.3, 0.4) is 0 Å². The number of aromatic nitrogens is 2. The fourth-order valence-corrected chi connectivity index (χ4v) is 3.27. The van der Waals surface area contributed by atoms with Gasteiger partial charge < -0.3 is 4.90 Å². The third-order valence-corrected chi connectivity index (χ3v) is 4.57. The summed E-state index contributed by atoms with van der Waals surface area (Å²) in [7, 11) is 0. The number of rotatable bonds is 1. The fraction of sp³-hybridized carbons (Fsp3) is 0.667. The second kappa shape index (κ2) is 5.85. The predicted octanol–water partition coefficient (Wildman–Crippen LogP) is 2.77. The molecule has 4 nitrogen and oxygen atoms in total. The molecule has 2 aliphatic rings. The Balaban J connectivity index is 1.73. The van der Waals surface area contributed by atoms with E-state index in [2.05, 4.69) is 9.97 Å². The first kappa shape index (κ1) is 15.2. The summed E-state index contributed by atoms with van der Waals surface area (Å²) in [4.78, 5) is 22.4. The molecule has 1 amide bonds. The molecule has 0 unspecified atom stereocenters. The summed E-state index contributed by atoms with van der Waals surface area (Å²) < 4.78 is 38.1. The van der Waals surface area contributed by atoms with Crippen LogP contribution in [0.25, 0.3) is 0 Å². The van der Waals surface area contributed by atoms with E-state index in [4.69, 9.17) is 0 Å². The number of piperidine rings is 1. The maximum absolute atomic E-state index is 12.7. The number of hydrogen-bond donors (Lipinski definition) is 0. The summed E-state index contributed by atoms with van der Waals surface area (Å²) in [5.74, 6) is -1.54. The second-order valence-electron chi connectivity index (χ2n) is 5.96. The Morgan fingerprint density at radius 1 is 1.14 bits per heavy atom. The lowest BCUT2D eigenvalue weighted by Crippen LogP contribution is -2.42. The third-order valence-electron chi connectivity index (χ3n) is 4.57. The molecule has 120 valence electrons. The van der Waals surface area contributed by atoms with Crippen LogP contribution in [0, 0.1) is 5.92 Å². The lowest BCUT2D eigenvalue weighted by atomic mass is 9.93. The van der Waals surface area contributed by atoms with Crippen molar-refractivity contribution in [2.45, 2.75) is 44.7 Å². The van der Waals surface area contributed by atoms with Gasteiger partial charge in [0.2, 0.25) is 0 Å². The van der Waals surface area contributed by atoms with E-state index in [0.29, 0.717) is 5.69 Å². The number of carbonyl (C=O) groups excluding carboxylic acids is 1. The van der Waals surface area contributed by atoms with Gasteiger partial charge in [-0.25, -0.2) is 9.97 Å². The van der Waals surface area contributed by atoms with Gasteiger partial charge in [0.15, 0.2) is 0 Å². The van der Waals surface area contributed by atoms with Gasteiger partial charge in [0.25, 0.3) is 5.91 Å². The van der Waals surface area contributed by atoms with Crippen molar-refractivity contribution >= 4 is 5.91 Å². The maximum Gasteiger partial charge on any atom is 0.391 e. The molecule has 3 rings (SSSR count). The van der Waals surface area contributed by atoms with Crippen molar-refractivity contribution in [3.05, 3.63) is 23.3 Å². The van der Waals surface area contributed by atoms with E-state index in [-0.39, 0.29) is 31.8 Å². The number of hydrogen-bond acceptors (Lipinski definition) is 3. The van der Waals surface area contributed by atoms with Gasteiger partial charge >= 0.3 is 6.18 Å². The Morgan fingerprint density at radius 3 is 2.50 bits per heavy atom. The molecule has 1 aliphatic heterocycles. The standard InChI is InChI=1S/C15H18F3N3O/c16-15(17,18)10-5-7-21(8-6-10)14(22)13-11-3-1-2-4-12(11)19-9-20-13/h9-10H,1-8H2. The van der Waals surface area contributed by atoms with Gasteiger partial charge in [-0.2, -0.15) is 13.2 Å². The minimum absolute atomic E-state index is 0.0253. The molecule has 2 heterocycles. The Labute approximate surface area is 126 Å². The lowest BCUT2D eigenvalue weighted by molar-refractivity contribution is -0.183. The normalized spacial score (nSPS) is 19.9. The van der Waals surface area contributed by atoms with Crippen LogP contribution in [0.2, 0.25) is 0 Å². The van der Waals surface area contributed by atoms with Crippen LogP contribution < -0.4 is 0 Å². The van der Waals surface area contributed by atoms with E-state index in [1.807, 2.05) is 0 Å². The molecule has 0 aromatic carbocycles. The first-order valence-corrected chi connectivity index (χ1v) is 7.65. The molecule has 0 atom stereocenters. The molecule has 1 saturated heterocycles. The van der Waals surface area contributed by atoms with Gasteiger partial charge in [0, 0.05) is 24.3 Å². The highest BCUT2D eigenvalue weighted by molar-refractivity contribution is 5.94. The van der Waals surface area contributed by atoms with Gasteiger partial charge in [0.1, 0.15) is 12.0 Å². The molecular weight excluding hydrogens is 295 g/mol. The van der Waals surface area contributed by atoms with Gasteiger partial charge in [-0.1, -0.05) is 0 Å². The zero-order valence-electron chi connectivity index (χ0n) is 12.2. The highest BCUT2D eigenvalue weighted by Crippen LogP contribution is 2.34. The van der Waals surface area contributed by atoms with Gasteiger partial charge in [-0.05, 0) is 38.5 Å². The summed E-state index contributed by atoms with van der Waals surface area (Å²) in [5.41, 5.74) is 2.18. The van der Waals surface area contributed by atoms with Crippen LogP contribution in [0.1, 0.15) is 47.4 Å². The SMILES string of the molecule is O=C(c1ncnc2c1CCCC2)N1CCC(C(F)(F)F)CC1. The van der Waals surface area contributed by atoms with E-state index in [1.54, 1.807) is 0 Å².